The zero-order valence-electron chi connectivity index (χ0n) is 8.43. The molecule has 72 valence electrons. The molecule has 0 saturated carbocycles. The van der Waals surface area contributed by atoms with Crippen molar-refractivity contribution in [3.63, 3.8) is 0 Å². The Bertz CT molecular complexity index is 133. The first-order chi connectivity index (χ1) is 5.52. The minimum absolute atomic E-state index is 0.0314. The van der Waals surface area contributed by atoms with Crippen molar-refractivity contribution in [2.45, 2.75) is 39.7 Å². The summed E-state index contributed by atoms with van der Waals surface area (Å²) in [5, 5.41) is 13.3. The van der Waals surface area contributed by atoms with Crippen LogP contribution < -0.4 is 5.32 Å². The molecule has 0 amide bonds. The highest BCUT2D eigenvalue weighted by molar-refractivity contribution is 4.83. The van der Waals surface area contributed by atoms with Gasteiger partial charge in [-0.1, -0.05) is 20.8 Å². The Kier molecular flexibility index (Phi) is 3.13. The highest BCUT2D eigenvalue weighted by Crippen LogP contribution is 2.28. The number of hydrogen-bond donors (Lipinski definition) is 2. The van der Waals surface area contributed by atoms with Gasteiger partial charge in [-0.05, 0) is 30.7 Å². The van der Waals surface area contributed by atoms with E-state index in [-0.39, 0.29) is 11.5 Å². The molecule has 1 heterocycles. The summed E-state index contributed by atoms with van der Waals surface area (Å²) >= 11 is 0. The van der Waals surface area contributed by atoms with Crippen molar-refractivity contribution in [3.8, 4) is 0 Å². The molecule has 1 fully saturated rings. The van der Waals surface area contributed by atoms with Gasteiger partial charge in [-0.25, -0.2) is 0 Å². The Morgan fingerprint density at radius 2 is 2.08 bits per heavy atom. The van der Waals surface area contributed by atoms with E-state index < -0.39 is 0 Å². The molecule has 0 spiro atoms. The smallest absolute Gasteiger partial charge is 0.0628 e. The van der Waals surface area contributed by atoms with E-state index in [4.69, 9.17) is 0 Å². The molecule has 0 bridgehead atoms. The first-order valence-electron chi connectivity index (χ1n) is 4.90. The fourth-order valence-electron chi connectivity index (χ4n) is 1.86. The second-order valence-corrected chi connectivity index (χ2v) is 4.92. The van der Waals surface area contributed by atoms with E-state index in [9.17, 15) is 5.11 Å². The monoisotopic (exact) mass is 171 g/mol. The van der Waals surface area contributed by atoms with Gasteiger partial charge in [-0.3, -0.25) is 0 Å². The predicted molar refractivity (Wildman–Crippen MR) is 51.1 cm³/mol. The van der Waals surface area contributed by atoms with Crippen LogP contribution in [-0.4, -0.2) is 24.3 Å². The zero-order chi connectivity index (χ0) is 9.19. The van der Waals surface area contributed by atoms with Crippen molar-refractivity contribution in [1.29, 1.82) is 0 Å². The lowest BCUT2D eigenvalue weighted by Crippen LogP contribution is -2.42. The molecule has 0 aromatic heterocycles. The van der Waals surface area contributed by atoms with Crippen LogP contribution in [0.25, 0.3) is 0 Å². The maximum Gasteiger partial charge on any atom is 0.0628 e. The average Bonchev–Trinajstić information content (AvgIpc) is 2.03. The minimum atomic E-state index is -0.162. The summed E-state index contributed by atoms with van der Waals surface area (Å²) in [7, 11) is 0. The van der Waals surface area contributed by atoms with Gasteiger partial charge in [0.2, 0.25) is 0 Å². The van der Waals surface area contributed by atoms with Crippen molar-refractivity contribution in [3.05, 3.63) is 0 Å². The molecule has 2 N–H and O–H groups in total. The van der Waals surface area contributed by atoms with E-state index in [1.807, 2.05) is 0 Å². The molecule has 1 rings (SSSR count). The van der Waals surface area contributed by atoms with Gasteiger partial charge >= 0.3 is 0 Å². The van der Waals surface area contributed by atoms with Crippen LogP contribution in [-0.2, 0) is 0 Å². The fourth-order valence-corrected chi connectivity index (χ4v) is 1.86. The van der Waals surface area contributed by atoms with E-state index >= 15 is 0 Å². The van der Waals surface area contributed by atoms with Gasteiger partial charge in [0.05, 0.1) is 6.10 Å². The van der Waals surface area contributed by atoms with Crippen LogP contribution >= 0.6 is 0 Å². The maximum atomic E-state index is 9.97. The summed E-state index contributed by atoms with van der Waals surface area (Å²) < 4.78 is 0. The van der Waals surface area contributed by atoms with Gasteiger partial charge in [-0.2, -0.15) is 0 Å². The van der Waals surface area contributed by atoms with Crippen molar-refractivity contribution in [1.82, 2.24) is 5.32 Å². The molecule has 2 atom stereocenters. The van der Waals surface area contributed by atoms with Gasteiger partial charge in [0.15, 0.2) is 0 Å². The SMILES string of the molecule is CC(C)(C)[C@H](O)[C@@H]1CCCNC1. The van der Waals surface area contributed by atoms with E-state index in [0.29, 0.717) is 5.92 Å². The third kappa shape index (κ3) is 2.46. The lowest BCUT2D eigenvalue weighted by Gasteiger charge is -2.35. The molecule has 1 saturated heterocycles. The second-order valence-electron chi connectivity index (χ2n) is 4.92. The molecule has 1 aliphatic rings. The molecule has 0 aromatic rings. The van der Waals surface area contributed by atoms with Gasteiger partial charge in [-0.15, -0.1) is 0 Å². The summed E-state index contributed by atoms with van der Waals surface area (Å²) in [5.74, 6) is 0.457. The van der Waals surface area contributed by atoms with E-state index in [0.717, 1.165) is 13.1 Å². The summed E-state index contributed by atoms with van der Waals surface area (Å²) in [4.78, 5) is 0. The Balaban J connectivity index is 2.45. The summed E-state index contributed by atoms with van der Waals surface area (Å²) in [5.41, 5.74) is 0.0314. The number of piperidine rings is 1. The van der Waals surface area contributed by atoms with Crippen LogP contribution in [0.3, 0.4) is 0 Å². The van der Waals surface area contributed by atoms with Gasteiger partial charge < -0.3 is 10.4 Å². The number of nitrogens with one attached hydrogen (secondary N) is 1. The predicted octanol–water partition coefficient (Wildman–Crippen LogP) is 1.39. The molecule has 2 nitrogen and oxygen atoms in total. The van der Waals surface area contributed by atoms with Crippen LogP contribution in [0, 0.1) is 11.3 Å². The highest BCUT2D eigenvalue weighted by atomic mass is 16.3. The standard InChI is InChI=1S/C10H21NO/c1-10(2,3)9(12)8-5-4-6-11-7-8/h8-9,11-12H,4-7H2,1-3H3/t8-,9-/m1/s1. The minimum Gasteiger partial charge on any atom is -0.392 e. The lowest BCUT2D eigenvalue weighted by molar-refractivity contribution is 0.00312. The zero-order valence-corrected chi connectivity index (χ0v) is 8.43. The Labute approximate surface area is 75.4 Å². The molecular formula is C10H21NO. The van der Waals surface area contributed by atoms with Crippen LogP contribution in [0.4, 0.5) is 0 Å². The molecule has 0 aromatic carbocycles. The first kappa shape index (κ1) is 10.0. The van der Waals surface area contributed by atoms with Crippen LogP contribution in [0.2, 0.25) is 0 Å². The second kappa shape index (κ2) is 3.75. The van der Waals surface area contributed by atoms with Crippen molar-refractivity contribution in [2.75, 3.05) is 13.1 Å². The van der Waals surface area contributed by atoms with Gasteiger partial charge in [0.1, 0.15) is 0 Å². The third-order valence-electron chi connectivity index (χ3n) is 2.67. The summed E-state index contributed by atoms with van der Waals surface area (Å²) in [6.07, 6.45) is 2.22. The van der Waals surface area contributed by atoms with Crippen molar-refractivity contribution in [2.24, 2.45) is 11.3 Å². The summed E-state index contributed by atoms with van der Waals surface area (Å²) in [6.45, 7) is 8.41. The van der Waals surface area contributed by atoms with Crippen molar-refractivity contribution >= 4 is 0 Å². The van der Waals surface area contributed by atoms with E-state index in [1.165, 1.54) is 12.8 Å². The molecule has 2 heteroatoms. The molecular weight excluding hydrogens is 150 g/mol. The third-order valence-corrected chi connectivity index (χ3v) is 2.67. The Morgan fingerprint density at radius 1 is 1.42 bits per heavy atom. The van der Waals surface area contributed by atoms with E-state index in [2.05, 4.69) is 26.1 Å². The maximum absolute atomic E-state index is 9.97. The average molecular weight is 171 g/mol. The van der Waals surface area contributed by atoms with Crippen LogP contribution in [0.15, 0.2) is 0 Å². The summed E-state index contributed by atoms with van der Waals surface area (Å²) in [6, 6.07) is 0. The number of aliphatic hydroxyl groups excluding tert-OH is 1. The molecule has 0 unspecified atom stereocenters. The lowest BCUT2D eigenvalue weighted by atomic mass is 9.78. The first-order valence-corrected chi connectivity index (χ1v) is 4.90. The van der Waals surface area contributed by atoms with Crippen LogP contribution in [0.1, 0.15) is 33.6 Å². The molecule has 1 aliphatic heterocycles. The number of rotatable bonds is 1. The van der Waals surface area contributed by atoms with Gasteiger partial charge in [0, 0.05) is 6.54 Å². The molecule has 0 aliphatic carbocycles. The number of aliphatic hydroxyl groups is 1. The van der Waals surface area contributed by atoms with E-state index in [1.54, 1.807) is 0 Å². The number of hydrogen-bond acceptors (Lipinski definition) is 2. The highest BCUT2D eigenvalue weighted by Gasteiger charge is 2.30. The largest absolute Gasteiger partial charge is 0.392 e. The topological polar surface area (TPSA) is 32.3 Å². The Morgan fingerprint density at radius 3 is 2.50 bits per heavy atom. The van der Waals surface area contributed by atoms with Gasteiger partial charge in [0.25, 0.3) is 0 Å². The van der Waals surface area contributed by atoms with Crippen LogP contribution in [0.5, 0.6) is 0 Å². The van der Waals surface area contributed by atoms with Crippen molar-refractivity contribution < 1.29 is 5.11 Å². The normalized spacial score (nSPS) is 28.5. The fraction of sp³-hybridized carbons (Fsp3) is 1.00. The molecule has 0 radical (unpaired) electrons. The quantitative estimate of drug-likeness (QED) is 0.625. The molecule has 12 heavy (non-hydrogen) atoms. The Hall–Kier alpha value is -0.0800.